The first-order valence-electron chi connectivity index (χ1n) is 20.8. The lowest BCUT2D eigenvalue weighted by Crippen LogP contribution is -2.56. The first-order chi connectivity index (χ1) is 28.2. The number of aryl methyl sites for hydroxylation is 1. The maximum atomic E-state index is 6.83. The largest absolute Gasteiger partial charge is 0.454 e. The van der Waals surface area contributed by atoms with Crippen LogP contribution in [0.3, 0.4) is 0 Å². The van der Waals surface area contributed by atoms with Gasteiger partial charge in [-0.2, -0.15) is 0 Å². The van der Waals surface area contributed by atoms with Crippen molar-refractivity contribution in [3.8, 4) is 22.3 Å². The Bertz CT molecular complexity index is 3440. The fourth-order valence-corrected chi connectivity index (χ4v) is 12.4. The van der Waals surface area contributed by atoms with Gasteiger partial charge in [0.15, 0.2) is 5.58 Å². The molecule has 10 aromatic rings. The number of hydrogen-bond donors (Lipinski definition) is 0. The maximum Gasteiger partial charge on any atom is 0.333 e. The van der Waals surface area contributed by atoms with Crippen LogP contribution in [0.25, 0.3) is 75.4 Å². The van der Waals surface area contributed by atoms with Gasteiger partial charge in [-0.15, -0.1) is 11.3 Å². The highest BCUT2D eigenvalue weighted by Crippen LogP contribution is 2.54. The summed E-state index contributed by atoms with van der Waals surface area (Å²) in [4.78, 5) is 2.70. The van der Waals surface area contributed by atoms with Gasteiger partial charge in [-0.1, -0.05) is 119 Å². The average Bonchev–Trinajstić information content (AvgIpc) is 3.91. The van der Waals surface area contributed by atoms with Crippen molar-refractivity contribution in [2.24, 2.45) is 0 Å². The van der Waals surface area contributed by atoms with E-state index in [1.807, 2.05) is 11.3 Å². The van der Waals surface area contributed by atoms with Crippen molar-refractivity contribution in [3.63, 3.8) is 0 Å². The Labute approximate surface area is 342 Å². The number of thiophene rings is 1. The predicted molar refractivity (Wildman–Crippen MR) is 248 cm³/mol. The predicted octanol–water partition coefficient (Wildman–Crippen LogP) is 13.7. The maximum absolute atomic E-state index is 6.83. The molecule has 0 amide bonds. The molecule has 0 radical (unpaired) electrons. The minimum atomic E-state index is -0.0695. The second-order valence-corrected chi connectivity index (χ2v) is 19.4. The van der Waals surface area contributed by atoms with Crippen LogP contribution in [0.2, 0.25) is 0 Å². The Hall–Kier alpha value is -6.04. The van der Waals surface area contributed by atoms with Crippen LogP contribution in [-0.4, -0.2) is 11.3 Å². The molecule has 1 aliphatic carbocycles. The van der Waals surface area contributed by atoms with Crippen LogP contribution in [0.4, 0.5) is 17.1 Å². The molecule has 13 rings (SSSR count). The van der Waals surface area contributed by atoms with Crippen molar-refractivity contribution in [1.82, 2.24) is 4.48 Å². The molecule has 0 bridgehead atoms. The zero-order valence-corrected chi connectivity index (χ0v) is 34.2. The Morgan fingerprint density at radius 3 is 2.16 bits per heavy atom. The van der Waals surface area contributed by atoms with E-state index >= 15 is 0 Å². The molecule has 0 unspecified atom stereocenters. The van der Waals surface area contributed by atoms with E-state index < -0.39 is 0 Å². The number of furan rings is 1. The normalized spacial score (nSPS) is 16.1. The Morgan fingerprint density at radius 1 is 0.603 bits per heavy atom. The average molecular weight is 765 g/mol. The summed E-state index contributed by atoms with van der Waals surface area (Å²) in [6.45, 7) is 12.1. The number of rotatable bonds is 2. The molecule has 0 fully saturated rings. The molecule has 5 heterocycles. The van der Waals surface area contributed by atoms with Crippen LogP contribution in [-0.2, 0) is 10.8 Å². The van der Waals surface area contributed by atoms with E-state index in [-0.39, 0.29) is 17.7 Å². The Balaban J connectivity index is 1.24. The molecule has 5 heteroatoms. The van der Waals surface area contributed by atoms with Gasteiger partial charge >= 0.3 is 6.85 Å². The van der Waals surface area contributed by atoms with E-state index in [0.717, 1.165) is 16.6 Å². The van der Waals surface area contributed by atoms with Crippen molar-refractivity contribution in [2.45, 2.75) is 58.3 Å². The van der Waals surface area contributed by atoms with E-state index in [0.29, 0.717) is 0 Å². The second kappa shape index (κ2) is 11.1. The number of aromatic nitrogens is 1. The van der Waals surface area contributed by atoms with E-state index in [1.54, 1.807) is 0 Å². The van der Waals surface area contributed by atoms with E-state index in [2.05, 4.69) is 177 Å². The summed E-state index contributed by atoms with van der Waals surface area (Å²) in [6.07, 6.45) is 2.36. The molecule has 58 heavy (non-hydrogen) atoms. The highest BCUT2D eigenvalue weighted by Gasteiger charge is 2.46. The van der Waals surface area contributed by atoms with Gasteiger partial charge in [0, 0.05) is 48.7 Å². The van der Waals surface area contributed by atoms with Crippen LogP contribution in [0.15, 0.2) is 138 Å². The lowest BCUT2D eigenvalue weighted by molar-refractivity contribution is 0.332. The van der Waals surface area contributed by atoms with Crippen molar-refractivity contribution >= 4 is 99.3 Å². The molecule has 0 saturated heterocycles. The molecule has 0 spiro atoms. The first kappa shape index (κ1) is 33.0. The molecule has 2 aliphatic heterocycles. The summed E-state index contributed by atoms with van der Waals surface area (Å²) in [5.41, 5.74) is 20.3. The third kappa shape index (κ3) is 4.15. The van der Waals surface area contributed by atoms with E-state index in [4.69, 9.17) is 4.42 Å². The third-order valence-corrected chi connectivity index (χ3v) is 15.3. The molecular formula is C53H41BN2OS. The van der Waals surface area contributed by atoms with Crippen LogP contribution in [0.1, 0.15) is 57.2 Å². The highest BCUT2D eigenvalue weighted by atomic mass is 32.1. The van der Waals surface area contributed by atoms with Gasteiger partial charge in [-0.25, -0.2) is 0 Å². The third-order valence-electron chi connectivity index (χ3n) is 14.1. The van der Waals surface area contributed by atoms with Crippen LogP contribution in [0, 0.1) is 6.92 Å². The summed E-state index contributed by atoms with van der Waals surface area (Å²) in [6, 6.07) is 50.3. The Morgan fingerprint density at radius 2 is 1.33 bits per heavy atom. The second-order valence-electron chi connectivity index (χ2n) is 18.3. The highest BCUT2D eigenvalue weighted by molar-refractivity contribution is 7.26. The van der Waals surface area contributed by atoms with Gasteiger partial charge in [0.1, 0.15) is 5.58 Å². The standard InChI is InChI=1S/C53H41BN2OS/c1-30-26-39-40(53(4,5)25-24-52(39,2)3)29-42(30)55-43-28-32(31-14-7-6-8-15-31)27-38-34-18-13-19-37-47(34)56(48-36-17-9-11-20-44(36)57-50(37)48)54(46(38)43)41-23-22-35-33-16-10-12-21-45(33)58-51(35)49(41)55/h6-23,26-29H,24-25H2,1-5H3. The summed E-state index contributed by atoms with van der Waals surface area (Å²) in [5.74, 6) is 0. The van der Waals surface area contributed by atoms with Crippen LogP contribution >= 0.6 is 11.3 Å². The molecular weight excluding hydrogens is 723 g/mol. The lowest BCUT2D eigenvalue weighted by atomic mass is 9.45. The number of hydrogen-bond acceptors (Lipinski definition) is 3. The van der Waals surface area contributed by atoms with Crippen LogP contribution < -0.4 is 15.8 Å². The molecule has 7 aromatic carbocycles. The topological polar surface area (TPSA) is 21.3 Å². The van der Waals surface area contributed by atoms with Gasteiger partial charge in [0.05, 0.1) is 15.9 Å². The number of benzene rings is 7. The Kier molecular flexibility index (Phi) is 6.33. The fourth-order valence-electron chi connectivity index (χ4n) is 11.1. The zero-order chi connectivity index (χ0) is 38.8. The summed E-state index contributed by atoms with van der Waals surface area (Å²) in [7, 11) is 0. The first-order valence-corrected chi connectivity index (χ1v) is 21.6. The minimum Gasteiger partial charge on any atom is -0.454 e. The summed E-state index contributed by atoms with van der Waals surface area (Å²) >= 11 is 1.94. The van der Waals surface area contributed by atoms with E-state index in [9.17, 15) is 0 Å². The molecule has 3 aromatic heterocycles. The van der Waals surface area contributed by atoms with Gasteiger partial charge < -0.3 is 13.8 Å². The number of nitrogens with zero attached hydrogens (tertiary/aromatic N) is 2. The number of para-hydroxylation sites is 2. The van der Waals surface area contributed by atoms with Gasteiger partial charge in [-0.05, 0) is 117 Å². The number of fused-ring (bicyclic) bond motifs is 14. The summed E-state index contributed by atoms with van der Waals surface area (Å²) in [5, 5.41) is 4.97. The van der Waals surface area contributed by atoms with Gasteiger partial charge in [-0.3, -0.25) is 0 Å². The van der Waals surface area contributed by atoms with Gasteiger partial charge in [0.2, 0.25) is 0 Å². The van der Waals surface area contributed by atoms with Crippen molar-refractivity contribution in [2.75, 3.05) is 4.90 Å². The zero-order valence-electron chi connectivity index (χ0n) is 33.4. The van der Waals surface area contributed by atoms with Gasteiger partial charge in [0.25, 0.3) is 0 Å². The monoisotopic (exact) mass is 764 g/mol. The molecule has 0 saturated carbocycles. The quantitative estimate of drug-likeness (QED) is 0.164. The van der Waals surface area contributed by atoms with Crippen LogP contribution in [0.5, 0.6) is 0 Å². The van der Waals surface area contributed by atoms with Crippen molar-refractivity contribution < 1.29 is 4.42 Å². The van der Waals surface area contributed by atoms with Crippen molar-refractivity contribution in [1.29, 1.82) is 0 Å². The smallest absolute Gasteiger partial charge is 0.333 e. The van der Waals surface area contributed by atoms with Crippen molar-refractivity contribution in [3.05, 3.63) is 150 Å². The number of anilines is 3. The molecule has 3 aliphatic rings. The minimum absolute atomic E-state index is 0.0625. The molecule has 3 nitrogen and oxygen atoms in total. The van der Waals surface area contributed by atoms with E-state index in [1.165, 1.54) is 116 Å². The molecule has 278 valence electrons. The summed E-state index contributed by atoms with van der Waals surface area (Å²) < 4.78 is 12.1. The SMILES string of the molecule is Cc1cc2c(cc1N1c3cc(-c4ccccc4)cc4c3B(c3ccc5c(sc6ccccc65)c31)n1c3c-4cccc3c3oc4ccccc4c31)C(C)(C)CCC2(C)C. The molecule has 0 N–H and O–H groups in total. The lowest BCUT2D eigenvalue weighted by Gasteiger charge is -2.45. The fraction of sp³-hybridized carbons (Fsp3) is 0.170. The molecule has 0 atom stereocenters.